The van der Waals surface area contributed by atoms with E-state index in [9.17, 15) is 20.1 Å². The van der Waals surface area contributed by atoms with Gasteiger partial charge in [-0.1, -0.05) is 17.7 Å². The minimum absolute atomic E-state index is 0.427. The molecule has 1 rings (SSSR count). The third kappa shape index (κ3) is 5.12. The number of carbonyl (C=O) groups excluding carboxylic acids is 1. The molecule has 118 valence electrons. The van der Waals surface area contributed by atoms with Crippen LogP contribution in [0.25, 0.3) is 0 Å². The molecule has 0 fully saturated rings. The van der Waals surface area contributed by atoms with Crippen LogP contribution in [-0.2, 0) is 4.79 Å². The summed E-state index contributed by atoms with van der Waals surface area (Å²) in [5, 5.41) is 46.6. The van der Waals surface area contributed by atoms with Gasteiger partial charge in [-0.15, -0.1) is 0 Å². The first kappa shape index (κ1) is 17.6. The van der Waals surface area contributed by atoms with E-state index in [1.165, 1.54) is 6.07 Å². The van der Waals surface area contributed by atoms with Gasteiger partial charge in [0.15, 0.2) is 6.10 Å². The molecule has 0 saturated heterocycles. The van der Waals surface area contributed by atoms with Gasteiger partial charge in [0.05, 0.1) is 12.3 Å². The number of benzene rings is 1. The molecule has 0 spiro atoms. The molecule has 0 bridgehead atoms. The van der Waals surface area contributed by atoms with Crippen LogP contribution in [0.15, 0.2) is 24.3 Å². The van der Waals surface area contributed by atoms with E-state index in [0.29, 0.717) is 10.7 Å². The lowest BCUT2D eigenvalue weighted by atomic mass is 10.0. The Hall–Kier alpha value is -1.42. The minimum Gasteiger partial charge on any atom is -0.394 e. The van der Waals surface area contributed by atoms with Crippen molar-refractivity contribution in [3.63, 3.8) is 0 Å². The first-order valence-corrected chi connectivity index (χ1v) is 6.39. The number of carbonyl (C=O) groups is 1. The Morgan fingerprint density at radius 1 is 1.19 bits per heavy atom. The van der Waals surface area contributed by atoms with E-state index in [-0.39, 0.29) is 0 Å². The summed E-state index contributed by atoms with van der Waals surface area (Å²) in [6, 6.07) is 6.36. The molecule has 0 heterocycles. The Morgan fingerprint density at radius 3 is 2.43 bits per heavy atom. The summed E-state index contributed by atoms with van der Waals surface area (Å²) >= 11 is 5.74. The summed E-state index contributed by atoms with van der Waals surface area (Å²) in [4.78, 5) is 11.6. The number of aliphatic hydroxyl groups is 5. The van der Waals surface area contributed by atoms with Gasteiger partial charge in [0.25, 0.3) is 5.91 Å². The lowest BCUT2D eigenvalue weighted by Crippen LogP contribution is -2.52. The normalized spacial score (nSPS) is 16.7. The van der Waals surface area contributed by atoms with Gasteiger partial charge >= 0.3 is 0 Å². The average molecular weight is 321 g/mol. The Labute approximate surface area is 125 Å². The molecule has 1 aromatic carbocycles. The van der Waals surface area contributed by atoms with Crippen molar-refractivity contribution in [2.75, 3.05) is 12.0 Å². The van der Waals surface area contributed by atoms with Crippen molar-refractivity contribution >= 4 is 23.2 Å². The lowest BCUT2D eigenvalue weighted by Gasteiger charge is -2.25. The number of hydrogen-bond acceptors (Lipinski definition) is 7. The van der Waals surface area contributed by atoms with Gasteiger partial charge < -0.3 is 25.5 Å². The van der Waals surface area contributed by atoms with E-state index in [2.05, 4.69) is 10.9 Å². The zero-order valence-electron chi connectivity index (χ0n) is 10.8. The number of amides is 1. The van der Waals surface area contributed by atoms with Crippen molar-refractivity contribution in [2.24, 2.45) is 0 Å². The van der Waals surface area contributed by atoms with Crippen molar-refractivity contribution < 1.29 is 30.3 Å². The van der Waals surface area contributed by atoms with Crippen LogP contribution >= 0.6 is 11.6 Å². The van der Waals surface area contributed by atoms with Gasteiger partial charge in [0, 0.05) is 5.02 Å². The maximum atomic E-state index is 11.6. The fraction of sp³-hybridized carbons (Fsp3) is 0.417. The van der Waals surface area contributed by atoms with Gasteiger partial charge in [-0.2, -0.15) is 0 Å². The van der Waals surface area contributed by atoms with Gasteiger partial charge in [-0.05, 0) is 18.2 Å². The molecule has 0 aliphatic rings. The largest absolute Gasteiger partial charge is 0.394 e. The van der Waals surface area contributed by atoms with Crippen molar-refractivity contribution in [2.45, 2.75) is 24.4 Å². The topological polar surface area (TPSA) is 142 Å². The van der Waals surface area contributed by atoms with Crippen molar-refractivity contribution in [1.82, 2.24) is 5.43 Å². The standard InChI is InChI=1S/C12H17ClN2O6/c13-6-2-1-3-7(4-6)14-15-12(21)11(20)10(19)9(18)8(17)5-16/h1-4,8-11,14,16-20H,5H2,(H,15,21)/t8-,9-,10-,11+/m1/s1. The molecule has 0 aliphatic carbocycles. The highest BCUT2D eigenvalue weighted by molar-refractivity contribution is 6.30. The third-order valence-corrected chi connectivity index (χ3v) is 2.91. The molecule has 0 radical (unpaired) electrons. The summed E-state index contributed by atoms with van der Waals surface area (Å²) in [6.07, 6.45) is -7.52. The molecule has 8 nitrogen and oxygen atoms in total. The second-order valence-corrected chi connectivity index (χ2v) is 4.74. The molecule has 4 atom stereocenters. The highest BCUT2D eigenvalue weighted by Crippen LogP contribution is 2.14. The summed E-state index contributed by atoms with van der Waals surface area (Å²) in [7, 11) is 0. The van der Waals surface area contributed by atoms with Crippen LogP contribution in [0.4, 0.5) is 5.69 Å². The number of halogens is 1. The molecule has 1 aromatic rings. The number of hydrazine groups is 1. The smallest absolute Gasteiger partial charge is 0.269 e. The number of rotatable bonds is 7. The summed E-state index contributed by atoms with van der Waals surface area (Å²) < 4.78 is 0. The maximum absolute atomic E-state index is 11.6. The first-order valence-electron chi connectivity index (χ1n) is 6.01. The average Bonchev–Trinajstić information content (AvgIpc) is 2.49. The molecule has 21 heavy (non-hydrogen) atoms. The lowest BCUT2D eigenvalue weighted by molar-refractivity contribution is -0.148. The molecule has 0 aliphatic heterocycles. The van der Waals surface area contributed by atoms with Gasteiger partial charge in [0.1, 0.15) is 18.3 Å². The van der Waals surface area contributed by atoms with Crippen LogP contribution in [-0.4, -0.2) is 62.5 Å². The van der Waals surface area contributed by atoms with Gasteiger partial charge in [-0.3, -0.25) is 15.6 Å². The Bertz CT molecular complexity index is 475. The van der Waals surface area contributed by atoms with E-state index in [4.69, 9.17) is 21.8 Å². The zero-order chi connectivity index (χ0) is 16.0. The molecule has 7 N–H and O–H groups in total. The van der Waals surface area contributed by atoms with E-state index in [1.54, 1.807) is 18.2 Å². The predicted octanol–water partition coefficient (Wildman–Crippen LogP) is -1.78. The highest BCUT2D eigenvalue weighted by atomic mass is 35.5. The molecule has 9 heteroatoms. The highest BCUT2D eigenvalue weighted by Gasteiger charge is 2.34. The second-order valence-electron chi connectivity index (χ2n) is 4.30. The van der Waals surface area contributed by atoms with Crippen LogP contribution < -0.4 is 10.9 Å². The minimum atomic E-state index is -2.01. The summed E-state index contributed by atoms with van der Waals surface area (Å²) in [5.41, 5.74) is 5.00. The SMILES string of the molecule is O=C(NNc1cccc(Cl)c1)[C@@H](O)[C@H](O)[C@H](O)[C@H](O)CO. The van der Waals surface area contributed by atoms with Crippen molar-refractivity contribution in [3.05, 3.63) is 29.3 Å². The third-order valence-electron chi connectivity index (χ3n) is 2.68. The van der Waals surface area contributed by atoms with Crippen LogP contribution in [0.3, 0.4) is 0 Å². The molecular formula is C12H17ClN2O6. The van der Waals surface area contributed by atoms with E-state index >= 15 is 0 Å². The van der Waals surface area contributed by atoms with Crippen LogP contribution in [0.2, 0.25) is 5.02 Å². The van der Waals surface area contributed by atoms with Crippen LogP contribution in [0.5, 0.6) is 0 Å². The van der Waals surface area contributed by atoms with E-state index in [0.717, 1.165) is 0 Å². The number of aliphatic hydroxyl groups excluding tert-OH is 5. The van der Waals surface area contributed by atoms with E-state index < -0.39 is 36.9 Å². The molecule has 0 aromatic heterocycles. The monoisotopic (exact) mass is 320 g/mol. The van der Waals surface area contributed by atoms with Crippen LogP contribution in [0.1, 0.15) is 0 Å². The van der Waals surface area contributed by atoms with Gasteiger partial charge in [-0.25, -0.2) is 0 Å². The quantitative estimate of drug-likeness (QED) is 0.294. The molecule has 0 unspecified atom stereocenters. The number of anilines is 1. The molecular weight excluding hydrogens is 304 g/mol. The fourth-order valence-corrected chi connectivity index (χ4v) is 1.64. The van der Waals surface area contributed by atoms with Crippen molar-refractivity contribution in [1.29, 1.82) is 0 Å². The Balaban J connectivity index is 2.54. The summed E-state index contributed by atoms with van der Waals surface area (Å²) in [6.45, 7) is -0.826. The van der Waals surface area contributed by atoms with Crippen molar-refractivity contribution in [3.8, 4) is 0 Å². The fourth-order valence-electron chi connectivity index (χ4n) is 1.45. The number of nitrogens with one attached hydrogen (secondary N) is 2. The summed E-state index contributed by atoms with van der Waals surface area (Å²) in [5.74, 6) is -1.04. The Kier molecular flexibility index (Phi) is 6.82. The first-order chi connectivity index (χ1) is 9.86. The van der Waals surface area contributed by atoms with Crippen LogP contribution in [0, 0.1) is 0 Å². The maximum Gasteiger partial charge on any atom is 0.269 e. The van der Waals surface area contributed by atoms with Gasteiger partial charge in [0.2, 0.25) is 0 Å². The van der Waals surface area contributed by atoms with E-state index in [1.807, 2.05) is 0 Å². The number of hydrogen-bond donors (Lipinski definition) is 7. The molecule has 1 amide bonds. The Morgan fingerprint density at radius 2 is 1.86 bits per heavy atom. The predicted molar refractivity (Wildman–Crippen MR) is 74.3 cm³/mol. The molecule has 0 saturated carbocycles. The second kappa shape index (κ2) is 8.13. The zero-order valence-corrected chi connectivity index (χ0v) is 11.6.